The number of aromatic carboxylic acids is 1. The summed E-state index contributed by atoms with van der Waals surface area (Å²) in [7, 11) is -5.80. The summed E-state index contributed by atoms with van der Waals surface area (Å²) in [6.45, 7) is 3.31. The Kier molecular flexibility index (Phi) is 10.6. The molecule has 0 radical (unpaired) electrons. The molecular formula is C39H36F6N2O6S. The third-order valence-electron chi connectivity index (χ3n) is 9.27. The van der Waals surface area contributed by atoms with Crippen molar-refractivity contribution in [1.82, 2.24) is 4.31 Å². The molecule has 286 valence electrons. The van der Waals surface area contributed by atoms with E-state index in [-0.39, 0.29) is 50.9 Å². The lowest BCUT2D eigenvalue weighted by molar-refractivity contribution is -0.119. The Labute approximate surface area is 308 Å². The Bertz CT molecular complexity index is 2220. The van der Waals surface area contributed by atoms with Gasteiger partial charge in [-0.1, -0.05) is 57.2 Å². The van der Waals surface area contributed by atoms with Gasteiger partial charge in [-0.25, -0.2) is 39.6 Å². The second kappa shape index (κ2) is 14.7. The van der Waals surface area contributed by atoms with E-state index in [1.165, 1.54) is 24.3 Å². The highest BCUT2D eigenvalue weighted by Crippen LogP contribution is 2.43. The minimum absolute atomic E-state index is 0.0773. The fraction of sp³-hybridized carbons (Fsp3) is 0.333. The Hall–Kier alpha value is -4.89. The van der Waals surface area contributed by atoms with Crippen molar-refractivity contribution in [3.8, 4) is 5.75 Å². The van der Waals surface area contributed by atoms with Crippen molar-refractivity contribution >= 4 is 27.6 Å². The molecule has 0 aliphatic heterocycles. The zero-order valence-electron chi connectivity index (χ0n) is 29.4. The zero-order chi connectivity index (χ0) is 39.3. The van der Waals surface area contributed by atoms with Crippen molar-refractivity contribution < 1.29 is 54.2 Å². The van der Waals surface area contributed by atoms with Gasteiger partial charge in [0, 0.05) is 12.1 Å². The molecule has 15 heteroatoms. The molecule has 54 heavy (non-hydrogen) atoms. The highest BCUT2D eigenvalue weighted by Gasteiger charge is 2.40. The normalized spacial score (nSPS) is 14.7. The first-order valence-corrected chi connectivity index (χ1v) is 18.5. The van der Waals surface area contributed by atoms with E-state index < -0.39 is 74.8 Å². The van der Waals surface area contributed by atoms with Crippen LogP contribution in [0.1, 0.15) is 85.0 Å². The predicted molar refractivity (Wildman–Crippen MR) is 186 cm³/mol. The number of carbonyl (C=O) groups is 2. The van der Waals surface area contributed by atoms with Gasteiger partial charge >= 0.3 is 5.97 Å². The van der Waals surface area contributed by atoms with Crippen molar-refractivity contribution in [2.45, 2.75) is 81.9 Å². The molecule has 0 spiro atoms. The summed E-state index contributed by atoms with van der Waals surface area (Å²) >= 11 is 0. The van der Waals surface area contributed by atoms with E-state index in [9.17, 15) is 40.7 Å². The molecule has 0 heterocycles. The number of carboxylic acids is 1. The van der Waals surface area contributed by atoms with E-state index in [4.69, 9.17) is 4.74 Å². The molecule has 4 aromatic carbocycles. The number of hydrogen-bond donors (Lipinski definition) is 1. The van der Waals surface area contributed by atoms with Crippen LogP contribution < -0.4 is 9.64 Å². The lowest BCUT2D eigenvalue weighted by Crippen LogP contribution is -2.43. The van der Waals surface area contributed by atoms with E-state index in [0.717, 1.165) is 47.1 Å². The summed E-state index contributed by atoms with van der Waals surface area (Å²) in [5, 5.41) is 9.89. The average Bonchev–Trinajstić information content (AvgIpc) is 4.05. The van der Waals surface area contributed by atoms with E-state index in [1.807, 2.05) is 32.9 Å². The molecule has 1 N–H and O–H groups in total. The lowest BCUT2D eigenvalue weighted by Gasteiger charge is -2.30. The van der Waals surface area contributed by atoms with Crippen molar-refractivity contribution in [3.05, 3.63) is 123 Å². The molecule has 2 aliphatic rings. The number of carbonyl (C=O) groups excluding carboxylic acids is 1. The molecule has 8 nitrogen and oxygen atoms in total. The van der Waals surface area contributed by atoms with Crippen LogP contribution in [0.2, 0.25) is 0 Å². The summed E-state index contributed by atoms with van der Waals surface area (Å²) in [6, 6.07) is 14.2. The fourth-order valence-corrected chi connectivity index (χ4v) is 7.41. The standard InChI is InChI=1S/C39H36F6N2O6S/c1-39(2,3)26-15-21(14-25(16-26)22-8-9-22)18-47(29-17-23(38(49)50)10-13-30(29)53-27-11-12-27)31(48)20-46(19-24-6-4-5-7-28(24)40)54(51,52)37-35(44)33(42)32(41)34(43)36(37)45/h4-7,10,13-17,22,27H,8-9,11-12,18-20H2,1-3H3,(H,49,50). The molecule has 0 atom stereocenters. The smallest absolute Gasteiger partial charge is 0.335 e. The summed E-state index contributed by atoms with van der Waals surface area (Å²) in [5.74, 6) is -16.1. The van der Waals surface area contributed by atoms with Crippen LogP contribution in [0, 0.1) is 34.9 Å². The maximum atomic E-state index is 15.1. The largest absolute Gasteiger partial charge is 0.488 e. The maximum Gasteiger partial charge on any atom is 0.335 e. The number of amides is 1. The summed E-state index contributed by atoms with van der Waals surface area (Å²) in [4.78, 5) is 25.6. The van der Waals surface area contributed by atoms with Crippen molar-refractivity contribution in [2.75, 3.05) is 11.4 Å². The summed E-state index contributed by atoms with van der Waals surface area (Å²) in [5.41, 5.74) is 1.40. The highest BCUT2D eigenvalue weighted by atomic mass is 32.2. The number of sulfonamides is 1. The van der Waals surface area contributed by atoms with Crippen LogP contribution in [0.15, 0.2) is 65.6 Å². The Morgan fingerprint density at radius 1 is 0.815 bits per heavy atom. The Morgan fingerprint density at radius 2 is 1.44 bits per heavy atom. The summed E-state index contributed by atoms with van der Waals surface area (Å²) < 4.78 is 122. The number of nitrogens with zero attached hydrogens (tertiary/aromatic N) is 2. The average molecular weight is 775 g/mol. The van der Waals surface area contributed by atoms with Gasteiger partial charge in [0.2, 0.25) is 21.7 Å². The Morgan fingerprint density at radius 3 is 2.02 bits per heavy atom. The second-order valence-electron chi connectivity index (χ2n) is 14.5. The number of rotatable bonds is 13. The number of hydrogen-bond acceptors (Lipinski definition) is 5. The first-order valence-electron chi connectivity index (χ1n) is 17.1. The quantitative estimate of drug-likeness (QED) is 0.0833. The molecule has 6 rings (SSSR count). The van der Waals surface area contributed by atoms with E-state index in [1.54, 1.807) is 0 Å². The van der Waals surface area contributed by atoms with Gasteiger partial charge in [0.25, 0.3) is 0 Å². The maximum absolute atomic E-state index is 15.1. The molecule has 0 unspecified atom stereocenters. The van der Waals surface area contributed by atoms with Crippen LogP contribution in [0.4, 0.5) is 32.0 Å². The predicted octanol–water partition coefficient (Wildman–Crippen LogP) is 8.36. The molecule has 4 aromatic rings. The van der Waals surface area contributed by atoms with Gasteiger partial charge in [0.15, 0.2) is 28.2 Å². The number of ether oxygens (including phenoxy) is 1. The molecular weight excluding hydrogens is 738 g/mol. The van der Waals surface area contributed by atoms with Gasteiger partial charge < -0.3 is 14.7 Å². The van der Waals surface area contributed by atoms with E-state index in [0.29, 0.717) is 18.4 Å². The number of benzene rings is 4. The minimum atomic E-state index is -5.80. The highest BCUT2D eigenvalue weighted by molar-refractivity contribution is 7.89. The van der Waals surface area contributed by atoms with Crippen molar-refractivity contribution in [3.63, 3.8) is 0 Å². The number of halogens is 6. The van der Waals surface area contributed by atoms with Gasteiger partial charge in [-0.15, -0.1) is 0 Å². The third-order valence-corrected chi connectivity index (χ3v) is 11.1. The zero-order valence-corrected chi connectivity index (χ0v) is 30.3. The first kappa shape index (κ1) is 38.8. The van der Waals surface area contributed by atoms with Crippen LogP contribution in [0.25, 0.3) is 0 Å². The van der Waals surface area contributed by atoms with Gasteiger partial charge in [0.05, 0.1) is 30.4 Å². The topological polar surface area (TPSA) is 104 Å². The lowest BCUT2D eigenvalue weighted by atomic mass is 9.84. The number of carboxylic acid groups (broad SMARTS) is 1. The third kappa shape index (κ3) is 8.11. The Balaban J connectivity index is 1.51. The van der Waals surface area contributed by atoms with Gasteiger partial charge in [-0.3, -0.25) is 4.79 Å². The molecule has 0 bridgehead atoms. The fourth-order valence-electron chi connectivity index (χ4n) is 5.93. The van der Waals surface area contributed by atoms with Crippen molar-refractivity contribution in [1.29, 1.82) is 0 Å². The summed E-state index contributed by atoms with van der Waals surface area (Å²) in [6.07, 6.45) is 2.97. The minimum Gasteiger partial charge on any atom is -0.488 e. The SMILES string of the molecule is CC(C)(C)c1cc(CN(C(=O)CN(Cc2ccccc2F)S(=O)(=O)c2c(F)c(F)c(F)c(F)c2F)c2cc(C(=O)O)ccc2OC2CC2)cc(C2CC2)c1. The van der Waals surface area contributed by atoms with Gasteiger partial charge in [0.1, 0.15) is 11.6 Å². The van der Waals surface area contributed by atoms with Crippen LogP contribution in [-0.4, -0.2) is 42.4 Å². The second-order valence-corrected chi connectivity index (χ2v) is 16.4. The molecule has 2 aliphatic carbocycles. The molecule has 1 amide bonds. The van der Waals surface area contributed by atoms with Crippen LogP contribution in [0.5, 0.6) is 5.75 Å². The van der Waals surface area contributed by atoms with Gasteiger partial charge in [-0.05, 0) is 78.0 Å². The molecule has 2 saturated carbocycles. The van der Waals surface area contributed by atoms with E-state index >= 15 is 8.78 Å². The van der Waals surface area contributed by atoms with Crippen LogP contribution in [0.3, 0.4) is 0 Å². The van der Waals surface area contributed by atoms with Gasteiger partial charge in [-0.2, -0.15) is 4.31 Å². The molecule has 0 saturated heterocycles. The van der Waals surface area contributed by atoms with Crippen LogP contribution in [-0.2, 0) is 33.3 Å². The van der Waals surface area contributed by atoms with Crippen LogP contribution >= 0.6 is 0 Å². The number of anilines is 1. The van der Waals surface area contributed by atoms with E-state index in [2.05, 4.69) is 6.07 Å². The monoisotopic (exact) mass is 774 g/mol. The molecule has 2 fully saturated rings. The molecule has 0 aromatic heterocycles. The van der Waals surface area contributed by atoms with Crippen molar-refractivity contribution in [2.24, 2.45) is 0 Å². The first-order chi connectivity index (χ1) is 25.4.